The van der Waals surface area contributed by atoms with Crippen LogP contribution >= 0.6 is 27.5 Å². The minimum atomic E-state index is -0.945. The van der Waals surface area contributed by atoms with E-state index < -0.39 is 11.9 Å². The molecule has 1 unspecified atom stereocenters. The molecule has 0 radical (unpaired) electrons. The Morgan fingerprint density at radius 3 is 2.80 bits per heavy atom. The van der Waals surface area contributed by atoms with Crippen LogP contribution in [0.5, 0.6) is 0 Å². The fourth-order valence-corrected chi connectivity index (χ4v) is 1.52. The van der Waals surface area contributed by atoms with Crippen molar-refractivity contribution in [3.63, 3.8) is 0 Å². The smallest absolute Gasteiger partial charge is 0.147 e. The van der Waals surface area contributed by atoms with Crippen LogP contribution < -0.4 is 5.32 Å². The fourth-order valence-electron chi connectivity index (χ4n) is 0.974. The van der Waals surface area contributed by atoms with Gasteiger partial charge in [-0.25, -0.2) is 4.39 Å². The summed E-state index contributed by atoms with van der Waals surface area (Å²) in [5, 5.41) is 20.5. The second kappa shape index (κ2) is 5.65. The van der Waals surface area contributed by atoms with Gasteiger partial charge in [0.05, 0.1) is 23.4 Å². The molecule has 0 fully saturated rings. The standard InChI is InChI=1S/C9H10BrClFNO2/c10-6-1-2-7(12)9(8(6)11)13-3-5(15)4-14/h1-2,5,13-15H,3-4H2. The van der Waals surface area contributed by atoms with Gasteiger partial charge in [0, 0.05) is 11.0 Å². The highest BCUT2D eigenvalue weighted by Crippen LogP contribution is 2.32. The van der Waals surface area contributed by atoms with Crippen molar-refractivity contribution < 1.29 is 14.6 Å². The van der Waals surface area contributed by atoms with Gasteiger partial charge < -0.3 is 15.5 Å². The first-order chi connectivity index (χ1) is 7.06. The molecule has 0 aliphatic rings. The molecule has 84 valence electrons. The van der Waals surface area contributed by atoms with Crippen molar-refractivity contribution in [3.05, 3.63) is 27.4 Å². The number of aliphatic hydroxyl groups is 2. The summed E-state index contributed by atoms with van der Waals surface area (Å²) < 4.78 is 13.8. The molecule has 0 heterocycles. The Morgan fingerprint density at radius 2 is 2.20 bits per heavy atom. The number of nitrogens with one attached hydrogen (secondary N) is 1. The van der Waals surface area contributed by atoms with Crippen LogP contribution in [0, 0.1) is 5.82 Å². The van der Waals surface area contributed by atoms with Crippen molar-refractivity contribution in [2.24, 2.45) is 0 Å². The fraction of sp³-hybridized carbons (Fsp3) is 0.333. The third-order valence-electron chi connectivity index (χ3n) is 1.77. The lowest BCUT2D eigenvalue weighted by atomic mass is 10.3. The molecule has 15 heavy (non-hydrogen) atoms. The van der Waals surface area contributed by atoms with Gasteiger partial charge in [-0.15, -0.1) is 0 Å². The van der Waals surface area contributed by atoms with E-state index in [0.29, 0.717) is 4.47 Å². The number of aliphatic hydroxyl groups excluding tert-OH is 2. The van der Waals surface area contributed by atoms with Gasteiger partial charge in [-0.05, 0) is 28.1 Å². The van der Waals surface area contributed by atoms with Crippen molar-refractivity contribution in [2.45, 2.75) is 6.10 Å². The Labute approximate surface area is 100 Å². The number of rotatable bonds is 4. The molecule has 0 spiro atoms. The van der Waals surface area contributed by atoms with Crippen molar-refractivity contribution in [3.8, 4) is 0 Å². The molecule has 1 aromatic rings. The van der Waals surface area contributed by atoms with E-state index in [1.807, 2.05) is 0 Å². The molecule has 0 aromatic heterocycles. The number of halogens is 3. The topological polar surface area (TPSA) is 52.5 Å². The minimum absolute atomic E-state index is 0.0313. The van der Waals surface area contributed by atoms with E-state index in [-0.39, 0.29) is 23.9 Å². The number of hydrogen-bond donors (Lipinski definition) is 3. The van der Waals surface area contributed by atoms with E-state index in [9.17, 15) is 4.39 Å². The normalized spacial score (nSPS) is 12.6. The predicted molar refractivity (Wildman–Crippen MR) is 60.7 cm³/mol. The van der Waals surface area contributed by atoms with Gasteiger partial charge >= 0.3 is 0 Å². The third kappa shape index (κ3) is 3.31. The highest BCUT2D eigenvalue weighted by molar-refractivity contribution is 9.10. The summed E-state index contributed by atoms with van der Waals surface area (Å²) in [6.07, 6.45) is -0.945. The van der Waals surface area contributed by atoms with E-state index in [1.165, 1.54) is 12.1 Å². The van der Waals surface area contributed by atoms with Gasteiger partial charge in [0.1, 0.15) is 5.82 Å². The average molecular weight is 299 g/mol. The average Bonchev–Trinajstić information content (AvgIpc) is 2.23. The Bertz CT molecular complexity index is 351. The van der Waals surface area contributed by atoms with E-state index in [2.05, 4.69) is 21.2 Å². The summed E-state index contributed by atoms with van der Waals surface area (Å²) in [6, 6.07) is 2.74. The van der Waals surface area contributed by atoms with Crippen LogP contribution in [0.4, 0.5) is 10.1 Å². The van der Waals surface area contributed by atoms with Gasteiger partial charge in [-0.2, -0.15) is 0 Å². The van der Waals surface area contributed by atoms with Crippen molar-refractivity contribution in [1.29, 1.82) is 0 Å². The lowest BCUT2D eigenvalue weighted by molar-refractivity contribution is 0.105. The van der Waals surface area contributed by atoms with E-state index in [4.69, 9.17) is 21.8 Å². The third-order valence-corrected chi connectivity index (χ3v) is 3.05. The van der Waals surface area contributed by atoms with Crippen molar-refractivity contribution in [1.82, 2.24) is 0 Å². The van der Waals surface area contributed by atoms with E-state index >= 15 is 0 Å². The monoisotopic (exact) mass is 297 g/mol. The molecule has 3 N–H and O–H groups in total. The first-order valence-electron chi connectivity index (χ1n) is 4.22. The largest absolute Gasteiger partial charge is 0.394 e. The Kier molecular flexibility index (Phi) is 4.79. The van der Waals surface area contributed by atoms with Gasteiger partial charge in [0.15, 0.2) is 0 Å². The maximum atomic E-state index is 13.3. The van der Waals surface area contributed by atoms with Crippen molar-refractivity contribution in [2.75, 3.05) is 18.5 Å². The number of anilines is 1. The highest BCUT2D eigenvalue weighted by Gasteiger charge is 2.11. The van der Waals surface area contributed by atoms with E-state index in [1.54, 1.807) is 0 Å². The van der Waals surface area contributed by atoms with Crippen LogP contribution in [-0.4, -0.2) is 29.5 Å². The zero-order valence-corrected chi connectivity index (χ0v) is 10.0. The minimum Gasteiger partial charge on any atom is -0.394 e. The number of benzene rings is 1. The Hall–Kier alpha value is -0.360. The van der Waals surface area contributed by atoms with Gasteiger partial charge in [-0.3, -0.25) is 0 Å². The molecule has 6 heteroatoms. The van der Waals surface area contributed by atoms with Crippen LogP contribution in [0.1, 0.15) is 0 Å². The molecule has 3 nitrogen and oxygen atoms in total. The Balaban J connectivity index is 2.80. The Morgan fingerprint density at radius 1 is 1.53 bits per heavy atom. The van der Waals surface area contributed by atoms with Gasteiger partial charge in [0.25, 0.3) is 0 Å². The molecular formula is C9H10BrClFNO2. The molecule has 0 aliphatic heterocycles. The quantitative estimate of drug-likeness (QED) is 0.745. The summed E-state index contributed by atoms with van der Waals surface area (Å²) in [4.78, 5) is 0. The van der Waals surface area contributed by atoms with Crippen LogP contribution in [0.2, 0.25) is 5.02 Å². The predicted octanol–water partition coefficient (Wildman–Crippen LogP) is 2.01. The SMILES string of the molecule is OCC(O)CNc1c(F)ccc(Br)c1Cl. The van der Waals surface area contributed by atoms with Crippen LogP contribution in [0.25, 0.3) is 0 Å². The molecule has 0 saturated heterocycles. The zero-order valence-electron chi connectivity index (χ0n) is 7.67. The summed E-state index contributed by atoms with van der Waals surface area (Å²) in [5.41, 5.74) is 0.110. The molecule has 0 amide bonds. The van der Waals surface area contributed by atoms with E-state index in [0.717, 1.165) is 0 Å². The summed E-state index contributed by atoms with van der Waals surface area (Å²) in [6.45, 7) is -0.357. The van der Waals surface area contributed by atoms with Crippen LogP contribution in [0.3, 0.4) is 0 Å². The first-order valence-corrected chi connectivity index (χ1v) is 5.39. The summed E-state index contributed by atoms with van der Waals surface area (Å²) in [7, 11) is 0. The first kappa shape index (κ1) is 12.7. The summed E-state index contributed by atoms with van der Waals surface area (Å²) in [5.74, 6) is -0.506. The van der Waals surface area contributed by atoms with Crippen LogP contribution in [-0.2, 0) is 0 Å². The highest BCUT2D eigenvalue weighted by atomic mass is 79.9. The second-order valence-corrected chi connectivity index (χ2v) is 4.17. The molecular weight excluding hydrogens is 288 g/mol. The molecule has 0 aliphatic carbocycles. The van der Waals surface area contributed by atoms with Gasteiger partial charge in [0.2, 0.25) is 0 Å². The molecule has 1 atom stereocenters. The van der Waals surface area contributed by atoms with Gasteiger partial charge in [-0.1, -0.05) is 11.6 Å². The zero-order chi connectivity index (χ0) is 11.4. The lowest BCUT2D eigenvalue weighted by Crippen LogP contribution is -2.23. The maximum Gasteiger partial charge on any atom is 0.147 e. The number of hydrogen-bond acceptors (Lipinski definition) is 3. The molecule has 0 bridgehead atoms. The van der Waals surface area contributed by atoms with Crippen molar-refractivity contribution >= 4 is 33.2 Å². The molecule has 1 aromatic carbocycles. The van der Waals surface area contributed by atoms with Crippen LogP contribution in [0.15, 0.2) is 16.6 Å². The second-order valence-electron chi connectivity index (χ2n) is 2.94. The molecule has 0 saturated carbocycles. The lowest BCUT2D eigenvalue weighted by Gasteiger charge is -2.13. The summed E-state index contributed by atoms with van der Waals surface area (Å²) >= 11 is 8.99. The molecule has 1 rings (SSSR count). The maximum absolute atomic E-state index is 13.3.